The van der Waals surface area contributed by atoms with Crippen LogP contribution in [-0.4, -0.2) is 127 Å². The first-order chi connectivity index (χ1) is 30.1. The Morgan fingerprint density at radius 1 is 0.828 bits per heavy atom. The van der Waals surface area contributed by atoms with Crippen molar-refractivity contribution in [3.8, 4) is 0 Å². The van der Waals surface area contributed by atoms with E-state index in [0.29, 0.717) is 25.8 Å². The number of nitrogens with zero attached hydrogens (tertiary/aromatic N) is 3. The van der Waals surface area contributed by atoms with Crippen molar-refractivity contribution in [2.24, 2.45) is 23.7 Å². The number of benzene rings is 2. The van der Waals surface area contributed by atoms with E-state index >= 15 is 0 Å². The first-order valence-corrected chi connectivity index (χ1v) is 23.1. The van der Waals surface area contributed by atoms with Gasteiger partial charge in [-0.1, -0.05) is 128 Å². The van der Waals surface area contributed by atoms with Gasteiger partial charge in [0.2, 0.25) is 23.6 Å². The Bertz CT molecular complexity index is 1820. The Balaban J connectivity index is 1.81. The summed E-state index contributed by atoms with van der Waals surface area (Å²) in [5, 5.41) is 6.23. The summed E-state index contributed by atoms with van der Waals surface area (Å²) in [7, 11) is 6.37. The zero-order valence-corrected chi connectivity index (χ0v) is 41.1. The SMILES string of the molecule is CC[C@H](C)[C@@H]([C@@H](CC(=O)N1CCC[C@H]1[C@H](OC)[C@@H](C)C(=O)N[C@H](/C=C\c1ccccc1)Cc1ccccc1)OC)N(C)C(=O)[C@@H](NC(=O)[C@H](C(C)C)N(C)C(=O)OC(C)(C)C)C(C)C. The number of hydrogen-bond donors (Lipinski definition) is 2. The highest BCUT2D eigenvalue weighted by Crippen LogP contribution is 2.30. The number of carbonyl (C=O) groups is 5. The molecule has 0 spiro atoms. The standard InChI is InChI=1S/C51H79N5O8/c1-15-35(6)45(54(11)49(60)43(33(2)3)53-48(59)44(34(4)5)55(12)50(61)64-51(8,9)10)41(62-13)32-42(57)56-30-22-27-40(56)46(63-14)36(7)47(58)52-39(31-38-25-20-17-21-26-38)29-28-37-23-18-16-19-24-37/h16-21,23-26,28-29,33-36,39-41,43-46H,15,22,27,30-32H2,1-14H3,(H,52,58)(H,53,59)/b29-28-/t35-,36+,39+,40-,41+,43-,44-,45-,46+/m0/s1. The van der Waals surface area contributed by atoms with E-state index in [4.69, 9.17) is 14.2 Å². The zero-order chi connectivity index (χ0) is 47.9. The second-order valence-electron chi connectivity index (χ2n) is 19.2. The lowest BCUT2D eigenvalue weighted by Gasteiger charge is -2.41. The van der Waals surface area contributed by atoms with Crippen molar-refractivity contribution in [3.63, 3.8) is 0 Å². The highest BCUT2D eigenvalue weighted by Gasteiger charge is 2.43. The van der Waals surface area contributed by atoms with Crippen molar-refractivity contribution in [1.82, 2.24) is 25.3 Å². The van der Waals surface area contributed by atoms with Gasteiger partial charge in [-0.15, -0.1) is 0 Å². The van der Waals surface area contributed by atoms with Gasteiger partial charge in [0, 0.05) is 34.9 Å². The summed E-state index contributed by atoms with van der Waals surface area (Å²) in [6.45, 7) is 19.1. The van der Waals surface area contributed by atoms with Crippen LogP contribution in [-0.2, 0) is 39.8 Å². The lowest BCUT2D eigenvalue weighted by atomic mass is 9.89. The molecule has 1 aliphatic heterocycles. The molecular weight excluding hydrogens is 811 g/mol. The van der Waals surface area contributed by atoms with Crippen LogP contribution in [0.2, 0.25) is 0 Å². The number of nitrogens with one attached hydrogen (secondary N) is 2. The molecule has 13 heteroatoms. The molecule has 9 atom stereocenters. The van der Waals surface area contributed by atoms with Crippen LogP contribution in [0, 0.1) is 23.7 Å². The maximum absolute atomic E-state index is 14.5. The molecule has 0 unspecified atom stereocenters. The minimum Gasteiger partial charge on any atom is -0.444 e. The highest BCUT2D eigenvalue weighted by atomic mass is 16.6. The number of rotatable bonds is 22. The number of likely N-dealkylation sites (N-methyl/N-ethyl adjacent to an activating group) is 2. The van der Waals surface area contributed by atoms with E-state index in [2.05, 4.69) is 10.6 Å². The summed E-state index contributed by atoms with van der Waals surface area (Å²) in [6.07, 6.45) is 4.87. The van der Waals surface area contributed by atoms with Gasteiger partial charge < -0.3 is 34.6 Å². The van der Waals surface area contributed by atoms with E-state index < -0.39 is 53.9 Å². The quantitative estimate of drug-likeness (QED) is 0.125. The Hall–Kier alpha value is -4.75. The van der Waals surface area contributed by atoms with Gasteiger partial charge in [0.1, 0.15) is 17.7 Å². The smallest absolute Gasteiger partial charge is 0.410 e. The number of ether oxygens (including phenoxy) is 3. The van der Waals surface area contributed by atoms with Crippen LogP contribution in [0.4, 0.5) is 4.79 Å². The van der Waals surface area contributed by atoms with Crippen molar-refractivity contribution < 1.29 is 38.2 Å². The average Bonchev–Trinajstić information content (AvgIpc) is 3.73. The zero-order valence-electron chi connectivity index (χ0n) is 41.1. The summed E-state index contributed by atoms with van der Waals surface area (Å²) < 4.78 is 17.7. The van der Waals surface area contributed by atoms with Crippen molar-refractivity contribution in [3.05, 3.63) is 77.9 Å². The summed E-state index contributed by atoms with van der Waals surface area (Å²) in [5.74, 6) is -2.35. The second kappa shape index (κ2) is 25.1. The third-order valence-electron chi connectivity index (χ3n) is 12.4. The molecule has 1 saturated heterocycles. The third kappa shape index (κ3) is 15.2. The van der Waals surface area contributed by atoms with Crippen LogP contribution < -0.4 is 10.6 Å². The maximum Gasteiger partial charge on any atom is 0.410 e. The van der Waals surface area contributed by atoms with Crippen LogP contribution in [0.5, 0.6) is 0 Å². The fourth-order valence-electron chi connectivity index (χ4n) is 8.79. The minimum atomic E-state index is -0.926. The normalized spacial score (nSPS) is 18.1. The lowest BCUT2D eigenvalue weighted by molar-refractivity contribution is -0.148. The van der Waals surface area contributed by atoms with Crippen LogP contribution in [0.1, 0.15) is 106 Å². The monoisotopic (exact) mass is 890 g/mol. The van der Waals surface area contributed by atoms with Crippen molar-refractivity contribution >= 4 is 35.8 Å². The largest absolute Gasteiger partial charge is 0.444 e. The number of hydrogen-bond acceptors (Lipinski definition) is 8. The molecule has 1 heterocycles. The summed E-state index contributed by atoms with van der Waals surface area (Å²) in [6, 6.07) is 17.0. The van der Waals surface area contributed by atoms with Crippen molar-refractivity contribution in [2.45, 2.75) is 149 Å². The van der Waals surface area contributed by atoms with E-state index in [0.717, 1.165) is 17.5 Å². The van der Waals surface area contributed by atoms with E-state index in [1.807, 2.05) is 126 Å². The number of amides is 5. The molecule has 13 nitrogen and oxygen atoms in total. The molecule has 2 aromatic carbocycles. The molecule has 356 valence electrons. The number of methoxy groups -OCH3 is 2. The molecule has 0 radical (unpaired) electrons. The Morgan fingerprint density at radius 3 is 1.97 bits per heavy atom. The van der Waals surface area contributed by atoms with E-state index in [9.17, 15) is 24.0 Å². The fraction of sp³-hybridized carbons (Fsp3) is 0.627. The van der Waals surface area contributed by atoms with E-state index in [-0.39, 0.29) is 54.0 Å². The van der Waals surface area contributed by atoms with Gasteiger partial charge in [0.05, 0.1) is 42.7 Å². The van der Waals surface area contributed by atoms with Gasteiger partial charge in [-0.25, -0.2) is 4.79 Å². The molecular formula is C51H79N5O8. The predicted octanol–water partition coefficient (Wildman–Crippen LogP) is 7.38. The van der Waals surface area contributed by atoms with Crippen molar-refractivity contribution in [1.29, 1.82) is 0 Å². The molecule has 2 aromatic rings. The van der Waals surface area contributed by atoms with Gasteiger partial charge in [-0.3, -0.25) is 24.1 Å². The molecule has 5 amide bonds. The van der Waals surface area contributed by atoms with Crippen LogP contribution in [0.25, 0.3) is 6.08 Å². The van der Waals surface area contributed by atoms with Gasteiger partial charge in [-0.05, 0) is 68.9 Å². The first kappa shape index (κ1) is 53.6. The number of carbonyl (C=O) groups excluding carboxylic acids is 5. The van der Waals surface area contributed by atoms with Gasteiger partial charge in [-0.2, -0.15) is 0 Å². The Labute approximate surface area is 384 Å². The topological polar surface area (TPSA) is 147 Å². The summed E-state index contributed by atoms with van der Waals surface area (Å²) >= 11 is 0. The van der Waals surface area contributed by atoms with Crippen LogP contribution in [0.15, 0.2) is 66.7 Å². The minimum absolute atomic E-state index is 0.00508. The predicted molar refractivity (Wildman–Crippen MR) is 253 cm³/mol. The molecule has 0 aromatic heterocycles. The second-order valence-corrected chi connectivity index (χ2v) is 19.2. The lowest BCUT2D eigenvalue weighted by Crippen LogP contribution is -2.60. The third-order valence-corrected chi connectivity index (χ3v) is 12.4. The molecule has 1 aliphatic rings. The number of likely N-dealkylation sites (tertiary alicyclic amines) is 1. The maximum atomic E-state index is 14.5. The molecule has 3 rings (SSSR count). The van der Waals surface area contributed by atoms with Crippen LogP contribution in [0.3, 0.4) is 0 Å². The van der Waals surface area contributed by atoms with E-state index in [1.165, 1.54) is 11.9 Å². The van der Waals surface area contributed by atoms with Crippen LogP contribution >= 0.6 is 0 Å². The molecule has 64 heavy (non-hydrogen) atoms. The average molecular weight is 890 g/mol. The molecule has 0 bridgehead atoms. The van der Waals surface area contributed by atoms with Gasteiger partial charge >= 0.3 is 6.09 Å². The molecule has 0 aliphatic carbocycles. The van der Waals surface area contributed by atoms with Gasteiger partial charge in [0.15, 0.2) is 0 Å². The summed E-state index contributed by atoms with van der Waals surface area (Å²) in [5.41, 5.74) is 1.37. The Kier molecular flexibility index (Phi) is 21.0. The fourth-order valence-corrected chi connectivity index (χ4v) is 8.79. The van der Waals surface area contributed by atoms with E-state index in [1.54, 1.807) is 46.9 Å². The van der Waals surface area contributed by atoms with Gasteiger partial charge in [0.25, 0.3) is 0 Å². The highest BCUT2D eigenvalue weighted by molar-refractivity contribution is 5.92. The van der Waals surface area contributed by atoms with Crippen molar-refractivity contribution in [2.75, 3.05) is 34.9 Å². The Morgan fingerprint density at radius 2 is 1.44 bits per heavy atom. The molecule has 0 saturated carbocycles. The first-order valence-electron chi connectivity index (χ1n) is 23.1. The molecule has 1 fully saturated rings. The molecule has 2 N–H and O–H groups in total. The summed E-state index contributed by atoms with van der Waals surface area (Å²) in [4.78, 5) is 74.8.